The number of aromatic nitrogens is 2. The first-order valence-corrected chi connectivity index (χ1v) is 6.90. The van der Waals surface area contributed by atoms with Gasteiger partial charge in [-0.2, -0.15) is 5.10 Å². The van der Waals surface area contributed by atoms with E-state index in [0.29, 0.717) is 11.6 Å². The molecule has 100 valence electrons. The molecule has 0 saturated heterocycles. The van der Waals surface area contributed by atoms with Crippen molar-refractivity contribution in [3.8, 4) is 0 Å². The summed E-state index contributed by atoms with van der Waals surface area (Å²) in [4.78, 5) is 12.2. The molecule has 18 heavy (non-hydrogen) atoms. The van der Waals surface area contributed by atoms with Gasteiger partial charge in [-0.3, -0.25) is 9.89 Å². The third kappa shape index (κ3) is 2.92. The van der Waals surface area contributed by atoms with Crippen LogP contribution < -0.4 is 5.32 Å². The Hall–Kier alpha value is -1.32. The Morgan fingerprint density at radius 1 is 1.28 bits per heavy atom. The van der Waals surface area contributed by atoms with Crippen molar-refractivity contribution in [2.75, 3.05) is 0 Å². The van der Waals surface area contributed by atoms with Crippen molar-refractivity contribution in [1.29, 1.82) is 0 Å². The van der Waals surface area contributed by atoms with Gasteiger partial charge in [-0.05, 0) is 39.0 Å². The third-order valence-electron chi connectivity index (χ3n) is 3.95. The number of aromatic amines is 1. The number of nitrogens with one attached hydrogen (secondary N) is 2. The van der Waals surface area contributed by atoms with E-state index >= 15 is 0 Å². The van der Waals surface area contributed by atoms with Gasteiger partial charge < -0.3 is 5.32 Å². The quantitative estimate of drug-likeness (QED) is 0.792. The van der Waals surface area contributed by atoms with Crippen molar-refractivity contribution >= 4 is 5.91 Å². The number of hydrogen-bond acceptors (Lipinski definition) is 2. The van der Waals surface area contributed by atoms with Crippen LogP contribution in [0.25, 0.3) is 0 Å². The van der Waals surface area contributed by atoms with Crippen LogP contribution in [0.5, 0.6) is 0 Å². The van der Waals surface area contributed by atoms with Crippen LogP contribution in [0.1, 0.15) is 60.8 Å². The molecule has 0 spiro atoms. The van der Waals surface area contributed by atoms with E-state index in [-0.39, 0.29) is 5.91 Å². The van der Waals surface area contributed by atoms with Crippen molar-refractivity contribution in [1.82, 2.24) is 15.5 Å². The summed E-state index contributed by atoms with van der Waals surface area (Å²) >= 11 is 0. The summed E-state index contributed by atoms with van der Waals surface area (Å²) < 4.78 is 0. The average Bonchev–Trinajstić information content (AvgIpc) is 2.52. The highest BCUT2D eigenvalue weighted by Crippen LogP contribution is 2.23. The molecule has 1 saturated carbocycles. The molecular formula is C14H23N3O. The van der Waals surface area contributed by atoms with Gasteiger partial charge in [0.15, 0.2) is 0 Å². The Kier molecular flexibility index (Phi) is 4.04. The van der Waals surface area contributed by atoms with Crippen LogP contribution in [0.2, 0.25) is 0 Å². The molecule has 0 radical (unpaired) electrons. The number of aryl methyl sites for hydroxylation is 2. The molecule has 1 heterocycles. The van der Waals surface area contributed by atoms with Gasteiger partial charge in [0.2, 0.25) is 0 Å². The van der Waals surface area contributed by atoms with Crippen LogP contribution in [0.3, 0.4) is 0 Å². The first-order chi connectivity index (χ1) is 8.58. The lowest BCUT2D eigenvalue weighted by atomic mass is 10.0. The van der Waals surface area contributed by atoms with Crippen LogP contribution in [-0.2, 0) is 0 Å². The molecule has 2 rings (SSSR count). The van der Waals surface area contributed by atoms with Gasteiger partial charge in [-0.1, -0.05) is 19.8 Å². The third-order valence-corrected chi connectivity index (χ3v) is 3.95. The zero-order valence-electron chi connectivity index (χ0n) is 11.5. The van der Waals surface area contributed by atoms with Gasteiger partial charge in [0.25, 0.3) is 5.91 Å². The molecule has 0 aromatic carbocycles. The number of rotatable bonds is 2. The SMILES string of the molecule is Cc1n[nH]c(C)c1C(=O)NC1CCCC(C)CC1. The summed E-state index contributed by atoms with van der Waals surface area (Å²) in [5.41, 5.74) is 2.35. The minimum Gasteiger partial charge on any atom is -0.349 e. The van der Waals surface area contributed by atoms with E-state index in [9.17, 15) is 4.79 Å². The fourth-order valence-corrected chi connectivity index (χ4v) is 2.77. The van der Waals surface area contributed by atoms with Crippen molar-refractivity contribution in [2.24, 2.45) is 5.92 Å². The van der Waals surface area contributed by atoms with Gasteiger partial charge in [-0.15, -0.1) is 0 Å². The van der Waals surface area contributed by atoms with Crippen LogP contribution in [-0.4, -0.2) is 22.1 Å². The van der Waals surface area contributed by atoms with E-state index in [4.69, 9.17) is 0 Å². The van der Waals surface area contributed by atoms with E-state index in [1.807, 2.05) is 13.8 Å². The second-order valence-corrected chi connectivity index (χ2v) is 5.59. The van der Waals surface area contributed by atoms with Crippen LogP contribution in [0.4, 0.5) is 0 Å². The summed E-state index contributed by atoms with van der Waals surface area (Å²) in [6.07, 6.45) is 5.93. The first-order valence-electron chi connectivity index (χ1n) is 6.90. The summed E-state index contributed by atoms with van der Waals surface area (Å²) in [6.45, 7) is 6.06. The van der Waals surface area contributed by atoms with Crippen LogP contribution in [0, 0.1) is 19.8 Å². The number of hydrogen-bond donors (Lipinski definition) is 2. The second kappa shape index (κ2) is 5.55. The molecule has 2 N–H and O–H groups in total. The summed E-state index contributed by atoms with van der Waals surface area (Å²) in [5, 5.41) is 10.1. The normalized spacial score (nSPS) is 24.6. The Balaban J connectivity index is 1.99. The van der Waals surface area contributed by atoms with E-state index in [2.05, 4.69) is 22.4 Å². The molecule has 4 heteroatoms. The van der Waals surface area contributed by atoms with E-state index in [0.717, 1.165) is 30.1 Å². The minimum atomic E-state index is 0.0262. The van der Waals surface area contributed by atoms with Crippen molar-refractivity contribution in [3.63, 3.8) is 0 Å². The Bertz CT molecular complexity index is 405. The van der Waals surface area contributed by atoms with Crippen molar-refractivity contribution < 1.29 is 4.79 Å². The molecule has 1 aromatic heterocycles. The van der Waals surface area contributed by atoms with E-state index in [1.165, 1.54) is 19.3 Å². The average molecular weight is 249 g/mol. The molecule has 4 nitrogen and oxygen atoms in total. The largest absolute Gasteiger partial charge is 0.349 e. The summed E-state index contributed by atoms with van der Waals surface area (Å²) in [5.74, 6) is 0.822. The maximum atomic E-state index is 12.2. The lowest BCUT2D eigenvalue weighted by Crippen LogP contribution is -2.35. The predicted octanol–water partition coefficient (Wildman–Crippen LogP) is 2.73. The lowest BCUT2D eigenvalue weighted by molar-refractivity contribution is 0.0932. The first kappa shape index (κ1) is 13.1. The highest BCUT2D eigenvalue weighted by atomic mass is 16.1. The number of H-pyrrole nitrogens is 1. The van der Waals surface area contributed by atoms with Crippen LogP contribution >= 0.6 is 0 Å². The van der Waals surface area contributed by atoms with Gasteiger partial charge in [0, 0.05) is 11.7 Å². The molecule has 1 fully saturated rings. The molecule has 1 aliphatic carbocycles. The smallest absolute Gasteiger partial charge is 0.255 e. The van der Waals surface area contributed by atoms with E-state index < -0.39 is 0 Å². The molecule has 2 unspecified atom stereocenters. The van der Waals surface area contributed by atoms with Gasteiger partial charge in [0.1, 0.15) is 0 Å². The zero-order chi connectivity index (χ0) is 13.1. The molecule has 0 aliphatic heterocycles. The maximum Gasteiger partial charge on any atom is 0.255 e. The Morgan fingerprint density at radius 2 is 2.06 bits per heavy atom. The number of amides is 1. The topological polar surface area (TPSA) is 57.8 Å². The van der Waals surface area contributed by atoms with Crippen molar-refractivity contribution in [2.45, 2.75) is 58.9 Å². The fourth-order valence-electron chi connectivity index (χ4n) is 2.77. The fraction of sp³-hybridized carbons (Fsp3) is 0.714. The Morgan fingerprint density at radius 3 is 2.72 bits per heavy atom. The standard InChI is InChI=1S/C14H23N3O/c1-9-5-4-6-12(8-7-9)15-14(18)13-10(2)16-17-11(13)3/h9,12H,4-8H2,1-3H3,(H,15,18)(H,16,17). The summed E-state index contributed by atoms with van der Waals surface area (Å²) in [7, 11) is 0. The highest BCUT2D eigenvalue weighted by molar-refractivity contribution is 5.96. The molecule has 2 atom stereocenters. The molecule has 1 amide bonds. The van der Waals surface area contributed by atoms with Crippen molar-refractivity contribution in [3.05, 3.63) is 17.0 Å². The Labute approximate surface area is 109 Å². The molecule has 0 bridgehead atoms. The highest BCUT2D eigenvalue weighted by Gasteiger charge is 2.21. The van der Waals surface area contributed by atoms with E-state index in [1.54, 1.807) is 0 Å². The van der Waals surface area contributed by atoms with Gasteiger partial charge in [-0.25, -0.2) is 0 Å². The molecule has 1 aliphatic rings. The molecular weight excluding hydrogens is 226 g/mol. The monoisotopic (exact) mass is 249 g/mol. The number of carbonyl (C=O) groups is 1. The maximum absolute atomic E-state index is 12.2. The zero-order valence-corrected chi connectivity index (χ0v) is 11.5. The number of carbonyl (C=O) groups excluding carboxylic acids is 1. The minimum absolute atomic E-state index is 0.0262. The second-order valence-electron chi connectivity index (χ2n) is 5.59. The van der Waals surface area contributed by atoms with Gasteiger partial charge >= 0.3 is 0 Å². The van der Waals surface area contributed by atoms with Gasteiger partial charge in [0.05, 0.1) is 11.3 Å². The lowest BCUT2D eigenvalue weighted by Gasteiger charge is -2.16. The predicted molar refractivity (Wildman–Crippen MR) is 71.6 cm³/mol. The number of nitrogens with zero attached hydrogens (tertiary/aromatic N) is 1. The summed E-state index contributed by atoms with van der Waals surface area (Å²) in [6, 6.07) is 0.330. The molecule has 1 aromatic rings. The van der Waals surface area contributed by atoms with Crippen LogP contribution in [0.15, 0.2) is 0 Å².